The van der Waals surface area contributed by atoms with E-state index in [1.807, 2.05) is 0 Å². The van der Waals surface area contributed by atoms with Crippen molar-refractivity contribution >= 4 is 13.0 Å². The first kappa shape index (κ1) is 5.40. The molecule has 0 rings (SSSR count). The molecule has 0 saturated carbocycles. The Balaban J connectivity index is 2.85. The molecule has 0 saturated heterocycles. The Hall–Kier alpha value is 0.401. The number of rotatable bonds is 1. The normalized spacial score (nSPS) is 9.40. The third kappa shape index (κ3) is 4.40. The molecule has 2 nitrogen and oxygen atoms in total. The summed E-state index contributed by atoms with van der Waals surface area (Å²) in [4.78, 5) is 9.43. The van der Waals surface area contributed by atoms with Gasteiger partial charge in [-0.2, -0.15) is 0 Å². The molecule has 27 valence electrons. The zero-order valence-electron chi connectivity index (χ0n) is 2.56. The van der Waals surface area contributed by atoms with Crippen molar-refractivity contribution < 1.29 is 29.6 Å². The first-order chi connectivity index (χ1) is 2.27. The predicted octanol–water partition coefficient (Wildman–Crippen LogP) is -0.705. The Morgan fingerprint density at radius 3 is 2.20 bits per heavy atom. The van der Waals surface area contributed by atoms with Crippen LogP contribution in [-0.2, 0) is 19.7 Å². The van der Waals surface area contributed by atoms with Crippen LogP contribution in [0.1, 0.15) is 0 Å². The van der Waals surface area contributed by atoms with Crippen molar-refractivity contribution in [1.82, 2.24) is 0 Å². The average molecular weight is 123 g/mol. The first-order valence-corrected chi connectivity index (χ1v) is 5.86. The predicted molar refractivity (Wildman–Crippen MR) is 16.6 cm³/mol. The Kier molecular flexibility index (Phi) is 2.84. The third-order valence-electron chi connectivity index (χ3n) is 0.151. The van der Waals surface area contributed by atoms with Gasteiger partial charge < -0.3 is 0 Å². The fraction of sp³-hybridized carbons (Fsp3) is 0. The molecule has 1 N–H and O–H groups in total. The van der Waals surface area contributed by atoms with Crippen LogP contribution in [0, 0.1) is 0 Å². The zero-order chi connectivity index (χ0) is 4.28. The van der Waals surface area contributed by atoms with E-state index in [0.717, 1.165) is 0 Å². The van der Waals surface area contributed by atoms with Crippen LogP contribution in [0.25, 0.3) is 0 Å². The Morgan fingerprint density at radius 1 is 2.00 bits per heavy atom. The Labute approximate surface area is 43.0 Å². The second-order valence-electron chi connectivity index (χ2n) is 0.571. The molecule has 5 heavy (non-hydrogen) atoms. The summed E-state index contributed by atoms with van der Waals surface area (Å²) < 4.78 is 0. The van der Waals surface area contributed by atoms with E-state index in [0.29, 0.717) is 0 Å². The molecular formula is CH3O2SiTi. The number of hydrogen-bond acceptors (Lipinski definition) is 1. The summed E-state index contributed by atoms with van der Waals surface area (Å²) in [7, 11) is -0.735. The molecular weight excluding hydrogens is 120 g/mol. The molecule has 0 bridgehead atoms. The molecule has 0 amide bonds. The molecule has 0 aromatic carbocycles. The summed E-state index contributed by atoms with van der Waals surface area (Å²) in [5, 5.41) is 7.78. The van der Waals surface area contributed by atoms with Gasteiger partial charge in [0, 0.05) is 0 Å². The Bertz CT molecular complexity index is 44.9. The number of hydrogen-bond donors (Lipinski definition) is 1. The van der Waals surface area contributed by atoms with Crippen molar-refractivity contribution in [3.8, 4) is 0 Å². The molecule has 0 spiro atoms. The zero-order valence-corrected chi connectivity index (χ0v) is 5.54. The maximum absolute atomic E-state index is 9.43. The van der Waals surface area contributed by atoms with Gasteiger partial charge in [-0.1, -0.05) is 0 Å². The van der Waals surface area contributed by atoms with Crippen LogP contribution in [0.15, 0.2) is 0 Å². The molecule has 0 heterocycles. The standard InChI is InChI=1S/CH3O2Si.Ti/c2-1(3)4;/h4H2,(H,2,3);. The van der Waals surface area contributed by atoms with Crippen LogP contribution in [0.3, 0.4) is 0 Å². The summed E-state index contributed by atoms with van der Waals surface area (Å²) in [6.45, 7) is 0. The van der Waals surface area contributed by atoms with Gasteiger partial charge in [0.1, 0.15) is 0 Å². The van der Waals surface area contributed by atoms with Crippen molar-refractivity contribution in [2.75, 3.05) is 0 Å². The summed E-state index contributed by atoms with van der Waals surface area (Å²) in [6.07, 6.45) is 0. The van der Waals surface area contributed by atoms with Crippen LogP contribution in [-0.4, -0.2) is 18.1 Å². The molecule has 0 aliphatic carbocycles. The molecule has 0 aliphatic rings. The summed E-state index contributed by atoms with van der Waals surface area (Å²) in [6, 6.07) is 0. The van der Waals surface area contributed by atoms with Gasteiger partial charge in [-0.25, -0.2) is 0 Å². The van der Waals surface area contributed by atoms with Gasteiger partial charge in [0.25, 0.3) is 0 Å². The van der Waals surface area contributed by atoms with Gasteiger partial charge in [-0.15, -0.1) is 0 Å². The second-order valence-corrected chi connectivity index (χ2v) is 3.19. The molecule has 0 aromatic heterocycles. The average Bonchev–Trinajstić information content (AvgIpc) is 1.38. The van der Waals surface area contributed by atoms with E-state index in [4.69, 9.17) is 5.11 Å². The minimum absolute atomic E-state index is 0.606. The third-order valence-corrected chi connectivity index (χ3v) is 1.87. The molecule has 4 heteroatoms. The van der Waals surface area contributed by atoms with E-state index in [1.54, 1.807) is 19.7 Å². The molecule has 0 radical (unpaired) electrons. The van der Waals surface area contributed by atoms with E-state index in [2.05, 4.69) is 0 Å². The second kappa shape index (κ2) is 2.63. The minimum atomic E-state index is -0.735. The first-order valence-electron chi connectivity index (χ1n) is 1.13. The number of carboxylic acid groups (broad SMARTS) is 1. The van der Waals surface area contributed by atoms with Crippen LogP contribution in [0.4, 0.5) is 4.79 Å². The van der Waals surface area contributed by atoms with E-state index in [-0.39, 0.29) is 0 Å². The van der Waals surface area contributed by atoms with Gasteiger partial charge in [-0.3, -0.25) is 0 Å². The van der Waals surface area contributed by atoms with Crippen molar-refractivity contribution in [2.45, 2.75) is 0 Å². The van der Waals surface area contributed by atoms with E-state index in [1.165, 1.54) is 0 Å². The topological polar surface area (TPSA) is 37.3 Å². The van der Waals surface area contributed by atoms with E-state index in [9.17, 15) is 4.79 Å². The molecule has 0 unspecified atom stereocenters. The Morgan fingerprint density at radius 2 is 2.20 bits per heavy atom. The molecule has 0 aromatic rings. The fourth-order valence-corrected chi connectivity index (χ4v) is 0. The molecule has 0 fully saturated rings. The van der Waals surface area contributed by atoms with E-state index >= 15 is 0 Å². The van der Waals surface area contributed by atoms with Crippen LogP contribution in [0.2, 0.25) is 0 Å². The monoisotopic (exact) mass is 123 g/mol. The van der Waals surface area contributed by atoms with Gasteiger partial charge in [0.15, 0.2) is 0 Å². The molecule has 0 atom stereocenters. The van der Waals surface area contributed by atoms with Crippen molar-refractivity contribution in [3.05, 3.63) is 0 Å². The van der Waals surface area contributed by atoms with Gasteiger partial charge in [0.05, 0.1) is 0 Å². The van der Waals surface area contributed by atoms with Crippen molar-refractivity contribution in [3.63, 3.8) is 0 Å². The summed E-state index contributed by atoms with van der Waals surface area (Å²) in [5.41, 5.74) is -0.606. The molecule has 0 aliphatic heterocycles. The van der Waals surface area contributed by atoms with Crippen molar-refractivity contribution in [1.29, 1.82) is 0 Å². The van der Waals surface area contributed by atoms with Crippen LogP contribution in [0.5, 0.6) is 0 Å². The fourth-order valence-electron chi connectivity index (χ4n) is 0. The summed E-state index contributed by atoms with van der Waals surface area (Å²) >= 11 is 1.74. The van der Waals surface area contributed by atoms with Crippen LogP contribution < -0.4 is 0 Å². The number of carbonyl (C=O) groups is 1. The van der Waals surface area contributed by atoms with E-state index < -0.39 is 13.0 Å². The quantitative estimate of drug-likeness (QED) is 0.468. The SMILES string of the molecule is O=C(O)[SiH2][Ti]. The van der Waals surface area contributed by atoms with Gasteiger partial charge in [0.2, 0.25) is 0 Å². The maximum atomic E-state index is 9.43. The van der Waals surface area contributed by atoms with Crippen LogP contribution >= 0.6 is 0 Å². The van der Waals surface area contributed by atoms with Gasteiger partial charge >= 0.3 is 42.6 Å². The summed E-state index contributed by atoms with van der Waals surface area (Å²) in [5.74, 6) is 0. The van der Waals surface area contributed by atoms with Crippen molar-refractivity contribution in [2.24, 2.45) is 0 Å². The van der Waals surface area contributed by atoms with Gasteiger partial charge in [-0.05, 0) is 0 Å².